The average Bonchev–Trinajstić information content (AvgIpc) is 3.38. The second-order valence-electron chi connectivity index (χ2n) is 7.83. The summed E-state index contributed by atoms with van der Waals surface area (Å²) < 4.78 is 13.7. The number of hydrogen-bond acceptors (Lipinski definition) is 4. The van der Waals surface area contributed by atoms with Crippen molar-refractivity contribution in [3.05, 3.63) is 59.4 Å². The molecule has 30 heavy (non-hydrogen) atoms. The molecule has 0 bridgehead atoms. The van der Waals surface area contributed by atoms with Gasteiger partial charge in [0.15, 0.2) is 0 Å². The van der Waals surface area contributed by atoms with Crippen molar-refractivity contribution in [3.8, 4) is 5.75 Å². The van der Waals surface area contributed by atoms with E-state index in [9.17, 15) is 4.79 Å². The molecule has 1 fully saturated rings. The Kier molecular flexibility index (Phi) is 6.33. The quantitative estimate of drug-likeness (QED) is 0.620. The molecule has 6 heteroatoms. The minimum atomic E-state index is -0.296. The van der Waals surface area contributed by atoms with Gasteiger partial charge in [-0.3, -0.25) is 4.79 Å². The molecule has 1 atom stereocenters. The third kappa shape index (κ3) is 4.65. The summed E-state index contributed by atoms with van der Waals surface area (Å²) in [6.07, 6.45) is 2.13. The smallest absolute Gasteiger partial charge is 0.249 e. The highest BCUT2D eigenvalue weighted by molar-refractivity contribution is 5.81. The predicted octanol–water partition coefficient (Wildman–Crippen LogP) is 3.57. The van der Waals surface area contributed by atoms with Crippen LogP contribution in [0.25, 0.3) is 11.0 Å². The van der Waals surface area contributed by atoms with E-state index < -0.39 is 0 Å². The zero-order valence-electron chi connectivity index (χ0n) is 17.7. The maximum Gasteiger partial charge on any atom is 0.249 e. The van der Waals surface area contributed by atoms with Gasteiger partial charge in [0.2, 0.25) is 5.91 Å². The first kappa shape index (κ1) is 20.4. The molecule has 158 valence electrons. The fourth-order valence-electron chi connectivity index (χ4n) is 3.97. The van der Waals surface area contributed by atoms with Crippen molar-refractivity contribution in [3.63, 3.8) is 0 Å². The van der Waals surface area contributed by atoms with Crippen LogP contribution in [0, 0.1) is 13.8 Å². The zero-order valence-corrected chi connectivity index (χ0v) is 17.7. The second-order valence-corrected chi connectivity index (χ2v) is 7.83. The highest BCUT2D eigenvalue weighted by atomic mass is 16.5. The van der Waals surface area contributed by atoms with Gasteiger partial charge in [-0.05, 0) is 50.5 Å². The number of aryl methyl sites for hydroxylation is 2. The predicted molar refractivity (Wildman–Crippen MR) is 117 cm³/mol. The van der Waals surface area contributed by atoms with Gasteiger partial charge in [0, 0.05) is 19.6 Å². The highest BCUT2D eigenvalue weighted by Crippen LogP contribution is 2.20. The molecular formula is C24H29N3O3. The molecule has 6 nitrogen and oxygen atoms in total. The maximum atomic E-state index is 12.2. The third-order valence-corrected chi connectivity index (χ3v) is 5.51. The fourth-order valence-corrected chi connectivity index (χ4v) is 3.97. The van der Waals surface area contributed by atoms with Gasteiger partial charge in [-0.2, -0.15) is 0 Å². The first-order valence-electron chi connectivity index (χ1n) is 10.7. The summed E-state index contributed by atoms with van der Waals surface area (Å²) >= 11 is 0. The van der Waals surface area contributed by atoms with E-state index in [4.69, 9.17) is 14.5 Å². The minimum Gasteiger partial charge on any atom is -0.491 e. The van der Waals surface area contributed by atoms with Crippen LogP contribution in [0.3, 0.4) is 0 Å². The Morgan fingerprint density at radius 1 is 1.27 bits per heavy atom. The second kappa shape index (κ2) is 9.30. The topological polar surface area (TPSA) is 65.4 Å². The van der Waals surface area contributed by atoms with Crippen LogP contribution < -0.4 is 10.1 Å². The highest BCUT2D eigenvalue weighted by Gasteiger charge is 2.23. The first-order valence-corrected chi connectivity index (χ1v) is 10.7. The maximum absolute atomic E-state index is 12.2. The van der Waals surface area contributed by atoms with Crippen LogP contribution in [-0.2, 0) is 22.5 Å². The van der Waals surface area contributed by atoms with E-state index >= 15 is 0 Å². The summed E-state index contributed by atoms with van der Waals surface area (Å²) in [6.45, 7) is 6.62. The van der Waals surface area contributed by atoms with Crippen LogP contribution in [0.1, 0.15) is 29.8 Å². The number of nitrogens with zero attached hydrogens (tertiary/aromatic N) is 2. The van der Waals surface area contributed by atoms with E-state index in [1.807, 2.05) is 24.3 Å². The number of ether oxygens (including phenoxy) is 2. The van der Waals surface area contributed by atoms with E-state index in [-0.39, 0.29) is 12.0 Å². The Balaban J connectivity index is 1.41. The van der Waals surface area contributed by atoms with Crippen molar-refractivity contribution in [2.75, 3.05) is 19.8 Å². The first-order chi connectivity index (χ1) is 14.6. The van der Waals surface area contributed by atoms with E-state index in [1.54, 1.807) is 0 Å². The Labute approximate surface area is 177 Å². The molecule has 1 N–H and O–H groups in total. The number of fused-ring (bicyclic) bond motifs is 1. The summed E-state index contributed by atoms with van der Waals surface area (Å²) in [4.78, 5) is 17.0. The lowest BCUT2D eigenvalue weighted by atomic mass is 10.1. The zero-order chi connectivity index (χ0) is 20.9. The van der Waals surface area contributed by atoms with Crippen molar-refractivity contribution < 1.29 is 14.3 Å². The number of para-hydroxylation sites is 2. The Morgan fingerprint density at radius 3 is 2.93 bits per heavy atom. The molecule has 3 aromatic rings. The summed E-state index contributed by atoms with van der Waals surface area (Å²) in [6, 6.07) is 14.3. The number of nitrogens with one attached hydrogen (secondary N) is 1. The lowest BCUT2D eigenvalue weighted by Crippen LogP contribution is -2.35. The molecule has 0 saturated carbocycles. The number of carbonyl (C=O) groups is 1. The monoisotopic (exact) mass is 407 g/mol. The van der Waals surface area contributed by atoms with Gasteiger partial charge in [-0.25, -0.2) is 4.98 Å². The molecule has 1 aliphatic rings. The van der Waals surface area contributed by atoms with Crippen molar-refractivity contribution >= 4 is 16.9 Å². The number of benzene rings is 2. The molecule has 2 aromatic carbocycles. The molecule has 1 aromatic heterocycles. The van der Waals surface area contributed by atoms with Crippen LogP contribution in [0.5, 0.6) is 5.75 Å². The third-order valence-electron chi connectivity index (χ3n) is 5.51. The van der Waals surface area contributed by atoms with Gasteiger partial charge in [0.1, 0.15) is 24.3 Å². The number of imidazole rings is 1. The SMILES string of the molecule is Cc1ccc(OCCn2c(CCNC(=O)C3CCCO3)nc3ccccc32)c(C)c1. The molecule has 1 amide bonds. The van der Waals surface area contributed by atoms with E-state index in [2.05, 4.69) is 41.9 Å². The van der Waals surface area contributed by atoms with Gasteiger partial charge in [-0.1, -0.05) is 29.8 Å². The van der Waals surface area contributed by atoms with Gasteiger partial charge in [-0.15, -0.1) is 0 Å². The number of aromatic nitrogens is 2. The van der Waals surface area contributed by atoms with E-state index in [0.29, 0.717) is 32.7 Å². The van der Waals surface area contributed by atoms with Crippen LogP contribution in [-0.4, -0.2) is 41.3 Å². The molecule has 0 spiro atoms. The lowest BCUT2D eigenvalue weighted by Gasteiger charge is -2.13. The molecule has 0 aliphatic carbocycles. The number of hydrogen-bond donors (Lipinski definition) is 1. The van der Waals surface area contributed by atoms with Crippen LogP contribution in [0.15, 0.2) is 42.5 Å². The standard InChI is InChI=1S/C24H29N3O3/c1-17-9-10-21(18(2)16-17)30-15-13-27-20-7-4-3-6-19(20)26-23(27)11-12-25-24(28)22-8-5-14-29-22/h3-4,6-7,9-10,16,22H,5,8,11-15H2,1-2H3,(H,25,28). The van der Waals surface area contributed by atoms with Gasteiger partial charge < -0.3 is 19.4 Å². The summed E-state index contributed by atoms with van der Waals surface area (Å²) in [7, 11) is 0. The van der Waals surface area contributed by atoms with Crippen molar-refractivity contribution in [1.29, 1.82) is 0 Å². The van der Waals surface area contributed by atoms with Crippen LogP contribution in [0.4, 0.5) is 0 Å². The average molecular weight is 408 g/mol. The molecular weight excluding hydrogens is 378 g/mol. The van der Waals surface area contributed by atoms with Gasteiger partial charge in [0.25, 0.3) is 0 Å². The number of carbonyl (C=O) groups excluding carboxylic acids is 1. The van der Waals surface area contributed by atoms with Crippen molar-refractivity contribution in [1.82, 2.24) is 14.9 Å². The summed E-state index contributed by atoms with van der Waals surface area (Å²) in [5.74, 6) is 1.84. The Bertz CT molecular complexity index is 1020. The van der Waals surface area contributed by atoms with Crippen LogP contribution >= 0.6 is 0 Å². The van der Waals surface area contributed by atoms with Crippen molar-refractivity contribution in [2.24, 2.45) is 0 Å². The normalized spacial score (nSPS) is 16.1. The van der Waals surface area contributed by atoms with Crippen molar-refractivity contribution in [2.45, 2.75) is 45.8 Å². The minimum absolute atomic E-state index is 0.0201. The summed E-state index contributed by atoms with van der Waals surface area (Å²) in [5, 5.41) is 2.99. The molecule has 1 aliphatic heterocycles. The summed E-state index contributed by atoms with van der Waals surface area (Å²) in [5.41, 5.74) is 4.42. The largest absolute Gasteiger partial charge is 0.491 e. The molecule has 2 heterocycles. The number of rotatable bonds is 8. The van der Waals surface area contributed by atoms with E-state index in [0.717, 1.165) is 41.0 Å². The van der Waals surface area contributed by atoms with Gasteiger partial charge in [0.05, 0.1) is 17.6 Å². The molecule has 0 radical (unpaired) electrons. The Hall–Kier alpha value is -2.86. The number of amides is 1. The lowest BCUT2D eigenvalue weighted by molar-refractivity contribution is -0.130. The van der Waals surface area contributed by atoms with Crippen LogP contribution in [0.2, 0.25) is 0 Å². The molecule has 4 rings (SSSR count). The Morgan fingerprint density at radius 2 is 2.13 bits per heavy atom. The van der Waals surface area contributed by atoms with E-state index in [1.165, 1.54) is 5.56 Å². The molecule has 1 unspecified atom stereocenters. The van der Waals surface area contributed by atoms with Gasteiger partial charge >= 0.3 is 0 Å². The molecule has 1 saturated heterocycles. The fraction of sp³-hybridized carbons (Fsp3) is 0.417.